The van der Waals surface area contributed by atoms with Crippen LogP contribution in [0.2, 0.25) is 0 Å². The molecule has 4 atom stereocenters. The fourth-order valence-corrected chi connectivity index (χ4v) is 4.01. The number of ether oxygens (including phenoxy) is 2. The number of rotatable bonds is 9. The molecule has 0 bridgehead atoms. The van der Waals surface area contributed by atoms with Crippen molar-refractivity contribution in [1.29, 1.82) is 0 Å². The minimum absolute atomic E-state index is 0.152. The molecule has 186 valence electrons. The zero-order valence-corrected chi connectivity index (χ0v) is 20.6. The van der Waals surface area contributed by atoms with Crippen LogP contribution in [0, 0.1) is 0 Å². The Morgan fingerprint density at radius 1 is 1.12 bits per heavy atom. The Balaban J connectivity index is 2.41. The smallest absolute Gasteiger partial charge is 0.353 e. The van der Waals surface area contributed by atoms with E-state index in [1.807, 2.05) is 0 Å². The number of esters is 1. The van der Waals surface area contributed by atoms with Crippen LogP contribution in [0.15, 0.2) is 54.0 Å². The maximum absolute atomic E-state index is 12.7. The third kappa shape index (κ3) is 6.94. The van der Waals surface area contributed by atoms with Crippen LogP contribution in [0.5, 0.6) is 0 Å². The molecule has 1 saturated heterocycles. The molecule has 11 heteroatoms. The summed E-state index contributed by atoms with van der Waals surface area (Å²) in [5, 5.41) is 11.2. The number of aliphatic hydroxyl groups is 1. The Morgan fingerprint density at radius 2 is 1.74 bits per heavy atom. The molecule has 1 aliphatic rings. The van der Waals surface area contributed by atoms with Gasteiger partial charge in [0.1, 0.15) is 12.2 Å². The first-order valence-electron chi connectivity index (χ1n) is 10.5. The van der Waals surface area contributed by atoms with Crippen molar-refractivity contribution in [3.05, 3.63) is 59.6 Å². The standard InChI is InChI=1S/C23H30NO9P/c1-15(16(2)25)13-24(17(3)26)19-14-32-20(11-12-34(29,30-4)31-5)22(21(19)27)33-23(28)18-9-7-6-8-10-18/h6-13,19-22,27H,14H2,1-5H3/b12-11+,15-13-/t19-,20?,21+,22-/m1/s1. The third-order valence-corrected chi connectivity index (χ3v) is 6.90. The van der Waals surface area contributed by atoms with Gasteiger partial charge in [-0.25, -0.2) is 4.79 Å². The summed E-state index contributed by atoms with van der Waals surface area (Å²) in [5.74, 6) is -0.269. The van der Waals surface area contributed by atoms with Gasteiger partial charge >= 0.3 is 13.6 Å². The van der Waals surface area contributed by atoms with E-state index < -0.39 is 43.8 Å². The first-order chi connectivity index (χ1) is 16.0. The number of ketones is 1. The van der Waals surface area contributed by atoms with Crippen LogP contribution in [0.3, 0.4) is 0 Å². The molecule has 34 heavy (non-hydrogen) atoms. The number of benzene rings is 1. The average molecular weight is 495 g/mol. The first-order valence-corrected chi connectivity index (χ1v) is 12.1. The van der Waals surface area contributed by atoms with E-state index in [1.54, 1.807) is 37.3 Å². The summed E-state index contributed by atoms with van der Waals surface area (Å²) in [7, 11) is -1.14. The fourth-order valence-electron chi connectivity index (χ4n) is 3.24. The molecule has 1 unspecified atom stereocenters. The highest BCUT2D eigenvalue weighted by Gasteiger charge is 2.44. The molecule has 1 N–H and O–H groups in total. The van der Waals surface area contributed by atoms with Gasteiger partial charge in [-0.15, -0.1) is 0 Å². The molecule has 1 heterocycles. The molecule has 1 aliphatic heterocycles. The average Bonchev–Trinajstić information content (AvgIpc) is 2.83. The van der Waals surface area contributed by atoms with Crippen LogP contribution in [0.25, 0.3) is 0 Å². The summed E-state index contributed by atoms with van der Waals surface area (Å²) in [4.78, 5) is 37.9. The fraction of sp³-hybridized carbons (Fsp3) is 0.435. The second-order valence-electron chi connectivity index (χ2n) is 7.63. The molecule has 0 aromatic heterocycles. The van der Waals surface area contributed by atoms with E-state index in [2.05, 4.69) is 0 Å². The lowest BCUT2D eigenvalue weighted by Crippen LogP contribution is -2.59. The van der Waals surface area contributed by atoms with Gasteiger partial charge < -0.3 is 28.5 Å². The quantitative estimate of drug-likeness (QED) is 0.312. The summed E-state index contributed by atoms with van der Waals surface area (Å²) in [6, 6.07) is 7.19. The number of Topliss-reactive ketones (excluding diaryl/α,β-unsaturated/α-hetero) is 1. The van der Waals surface area contributed by atoms with Crippen LogP contribution in [0.1, 0.15) is 31.1 Å². The summed E-state index contributed by atoms with van der Waals surface area (Å²) in [6.07, 6.45) is -1.05. The van der Waals surface area contributed by atoms with E-state index in [-0.39, 0.29) is 18.0 Å². The monoisotopic (exact) mass is 495 g/mol. The largest absolute Gasteiger partial charge is 0.453 e. The van der Waals surface area contributed by atoms with E-state index in [4.69, 9.17) is 18.5 Å². The lowest BCUT2D eigenvalue weighted by Gasteiger charge is -2.42. The van der Waals surface area contributed by atoms with E-state index >= 15 is 0 Å². The van der Waals surface area contributed by atoms with Gasteiger partial charge in [0.2, 0.25) is 5.91 Å². The van der Waals surface area contributed by atoms with Crippen LogP contribution in [-0.4, -0.2) is 72.8 Å². The van der Waals surface area contributed by atoms with Gasteiger partial charge in [0.15, 0.2) is 11.9 Å². The number of aliphatic hydroxyl groups excluding tert-OH is 1. The predicted molar refractivity (Wildman–Crippen MR) is 123 cm³/mol. The minimum Gasteiger partial charge on any atom is -0.453 e. The SMILES string of the molecule is COP(=O)(/C=C/C1OC[C@@H](N(/C=C(/C)C(C)=O)C(C)=O)[C@H](O)[C@@H]1OC(=O)c1ccccc1)OC. The normalized spacial score (nSPS) is 23.5. The number of amides is 1. The van der Waals surface area contributed by atoms with Crippen molar-refractivity contribution >= 4 is 25.3 Å². The van der Waals surface area contributed by atoms with Crippen molar-refractivity contribution in [2.75, 3.05) is 20.8 Å². The zero-order valence-electron chi connectivity index (χ0n) is 19.7. The molecule has 1 fully saturated rings. The first kappa shape index (κ1) is 27.6. The summed E-state index contributed by atoms with van der Waals surface area (Å²) < 4.78 is 33.6. The van der Waals surface area contributed by atoms with E-state index in [9.17, 15) is 24.1 Å². The molecule has 1 aromatic carbocycles. The Kier molecular flexibility index (Phi) is 9.90. The molecule has 10 nitrogen and oxygen atoms in total. The highest BCUT2D eigenvalue weighted by atomic mass is 31.2. The molecule has 2 rings (SSSR count). The van der Waals surface area contributed by atoms with Crippen LogP contribution >= 0.6 is 7.60 Å². The van der Waals surface area contributed by atoms with Gasteiger partial charge in [0.25, 0.3) is 0 Å². The van der Waals surface area contributed by atoms with E-state index in [0.29, 0.717) is 5.57 Å². The summed E-state index contributed by atoms with van der Waals surface area (Å²) in [6.45, 7) is 4.02. The van der Waals surface area contributed by atoms with Gasteiger partial charge in [-0.3, -0.25) is 14.2 Å². The Morgan fingerprint density at radius 3 is 2.26 bits per heavy atom. The molecule has 0 saturated carbocycles. The van der Waals surface area contributed by atoms with Crippen molar-refractivity contribution in [1.82, 2.24) is 4.90 Å². The molecular weight excluding hydrogens is 465 g/mol. The second-order valence-corrected chi connectivity index (χ2v) is 9.74. The maximum Gasteiger partial charge on any atom is 0.353 e. The highest BCUT2D eigenvalue weighted by molar-refractivity contribution is 7.57. The van der Waals surface area contributed by atoms with Crippen LogP contribution in [0.4, 0.5) is 0 Å². The Labute approximate surface area is 198 Å². The highest BCUT2D eigenvalue weighted by Crippen LogP contribution is 2.48. The number of hydrogen-bond donors (Lipinski definition) is 1. The number of hydrogen-bond acceptors (Lipinski definition) is 9. The van der Waals surface area contributed by atoms with Gasteiger partial charge in [0, 0.05) is 38.7 Å². The van der Waals surface area contributed by atoms with E-state index in [0.717, 1.165) is 5.82 Å². The number of carbonyl (C=O) groups excluding carboxylic acids is 3. The van der Waals surface area contributed by atoms with Crippen molar-refractivity contribution in [3.8, 4) is 0 Å². The second kappa shape index (κ2) is 12.2. The zero-order chi connectivity index (χ0) is 25.5. The van der Waals surface area contributed by atoms with Gasteiger partial charge in [-0.2, -0.15) is 0 Å². The molecule has 0 spiro atoms. The Hall–Kier alpha value is -2.62. The van der Waals surface area contributed by atoms with Crippen molar-refractivity contribution in [2.45, 2.75) is 45.1 Å². The molecular formula is C23H30NO9P. The lowest BCUT2D eigenvalue weighted by molar-refractivity contribution is -0.163. The summed E-state index contributed by atoms with van der Waals surface area (Å²) >= 11 is 0. The van der Waals surface area contributed by atoms with Crippen molar-refractivity contribution < 1.29 is 42.6 Å². The molecule has 0 radical (unpaired) electrons. The lowest BCUT2D eigenvalue weighted by atomic mass is 9.96. The third-order valence-electron chi connectivity index (χ3n) is 5.34. The van der Waals surface area contributed by atoms with Gasteiger partial charge in [-0.05, 0) is 32.1 Å². The minimum atomic E-state index is -3.56. The topological polar surface area (TPSA) is 129 Å². The van der Waals surface area contributed by atoms with Gasteiger partial charge in [-0.1, -0.05) is 18.2 Å². The van der Waals surface area contributed by atoms with Crippen molar-refractivity contribution in [3.63, 3.8) is 0 Å². The van der Waals surface area contributed by atoms with Crippen molar-refractivity contribution in [2.24, 2.45) is 0 Å². The number of carbonyl (C=O) groups is 3. The Bertz CT molecular complexity index is 983. The summed E-state index contributed by atoms with van der Waals surface area (Å²) in [5.41, 5.74) is 0.540. The predicted octanol–water partition coefficient (Wildman–Crippen LogP) is 2.68. The number of nitrogens with zero attached hydrogens (tertiary/aromatic N) is 1. The van der Waals surface area contributed by atoms with Crippen LogP contribution < -0.4 is 0 Å². The van der Waals surface area contributed by atoms with E-state index in [1.165, 1.54) is 45.2 Å². The number of allylic oxidation sites excluding steroid dienone is 1. The van der Waals surface area contributed by atoms with Crippen LogP contribution in [-0.2, 0) is 32.7 Å². The maximum atomic E-state index is 12.7. The molecule has 0 aliphatic carbocycles. The molecule has 1 amide bonds. The molecule has 1 aromatic rings. The van der Waals surface area contributed by atoms with Gasteiger partial charge in [0.05, 0.1) is 18.2 Å².